The van der Waals surface area contributed by atoms with Gasteiger partial charge >= 0.3 is 6.18 Å². The number of alkyl halides is 4. The van der Waals surface area contributed by atoms with Crippen molar-refractivity contribution < 1.29 is 22.3 Å². The lowest BCUT2D eigenvalue weighted by Gasteiger charge is -2.22. The van der Waals surface area contributed by atoms with E-state index in [0.29, 0.717) is 41.0 Å². The number of aryl methyl sites for hydroxylation is 1. The van der Waals surface area contributed by atoms with Crippen LogP contribution in [0, 0.1) is 16.7 Å². The molecule has 5 atom stereocenters. The number of benzene rings is 2. The number of nitroso groups, excluding NO2 is 1. The van der Waals surface area contributed by atoms with Crippen molar-refractivity contribution >= 4 is 14.5 Å². The van der Waals surface area contributed by atoms with Crippen LogP contribution in [0.15, 0.2) is 77.2 Å². The van der Waals surface area contributed by atoms with Crippen molar-refractivity contribution in [3.63, 3.8) is 0 Å². The number of rotatable bonds is 11. The van der Waals surface area contributed by atoms with E-state index in [1.807, 2.05) is 13.0 Å². The second kappa shape index (κ2) is 12.0. The van der Waals surface area contributed by atoms with Crippen LogP contribution >= 0.6 is 9.24 Å². The lowest BCUT2D eigenvalue weighted by molar-refractivity contribution is -0.137. The van der Waals surface area contributed by atoms with Crippen molar-refractivity contribution in [2.24, 2.45) is 17.0 Å². The van der Waals surface area contributed by atoms with Crippen molar-refractivity contribution in [2.45, 2.75) is 77.4 Å². The Kier molecular flexibility index (Phi) is 9.04. The fourth-order valence-corrected chi connectivity index (χ4v) is 5.85. The fourth-order valence-electron chi connectivity index (χ4n) is 5.52. The van der Waals surface area contributed by atoms with Crippen LogP contribution in [0.2, 0.25) is 0 Å². The first kappa shape index (κ1) is 30.2. The van der Waals surface area contributed by atoms with Gasteiger partial charge in [-0.05, 0) is 122 Å². The molecule has 0 aromatic heterocycles. The molecular weight excluding hydrogens is 537 g/mol. The number of hydrogen-bond acceptors (Lipinski definition) is 3. The molecular formula is C32H36F4NO2P. The van der Waals surface area contributed by atoms with E-state index >= 15 is 0 Å². The zero-order valence-electron chi connectivity index (χ0n) is 23.2. The van der Waals surface area contributed by atoms with E-state index in [2.05, 4.69) is 27.1 Å². The van der Waals surface area contributed by atoms with Crippen LogP contribution in [0.4, 0.5) is 17.6 Å². The minimum atomic E-state index is -4.53. The zero-order chi connectivity index (χ0) is 29.2. The summed E-state index contributed by atoms with van der Waals surface area (Å²) in [5, 5.41) is 3.38. The highest BCUT2D eigenvalue weighted by Crippen LogP contribution is 2.57. The van der Waals surface area contributed by atoms with E-state index in [9.17, 15) is 22.5 Å². The minimum Gasteiger partial charge on any atom is -0.490 e. The monoisotopic (exact) mass is 573 g/mol. The number of halogens is 4. The van der Waals surface area contributed by atoms with Crippen molar-refractivity contribution in [1.82, 2.24) is 0 Å². The van der Waals surface area contributed by atoms with Crippen LogP contribution in [-0.2, 0) is 23.9 Å². The number of fused-ring (bicyclic) bond motifs is 1. The molecule has 0 saturated heterocycles. The molecule has 0 bridgehead atoms. The first-order valence-corrected chi connectivity index (χ1v) is 14.2. The maximum Gasteiger partial charge on any atom is 0.417 e. The fraction of sp³-hybridized carbons (Fsp3) is 0.438. The van der Waals surface area contributed by atoms with Gasteiger partial charge < -0.3 is 4.74 Å². The second-order valence-electron chi connectivity index (χ2n) is 11.2. The molecule has 8 heteroatoms. The molecule has 214 valence electrons. The minimum absolute atomic E-state index is 0.0730. The van der Waals surface area contributed by atoms with Gasteiger partial charge in [0.25, 0.3) is 0 Å². The number of hydrogen-bond donors (Lipinski definition) is 0. The molecule has 0 heterocycles. The molecule has 0 spiro atoms. The van der Waals surface area contributed by atoms with E-state index in [0.717, 1.165) is 24.0 Å². The molecule has 2 aliphatic carbocycles. The van der Waals surface area contributed by atoms with Crippen molar-refractivity contribution in [3.8, 4) is 11.1 Å². The van der Waals surface area contributed by atoms with Crippen LogP contribution in [0.1, 0.15) is 63.1 Å². The Morgan fingerprint density at radius 1 is 1.25 bits per heavy atom. The van der Waals surface area contributed by atoms with Crippen LogP contribution < -0.4 is 5.30 Å². The van der Waals surface area contributed by atoms with Gasteiger partial charge in [0.1, 0.15) is 24.1 Å². The Labute approximate surface area is 236 Å². The summed E-state index contributed by atoms with van der Waals surface area (Å²) in [6.07, 6.45) is 1.84. The predicted octanol–water partition coefficient (Wildman–Crippen LogP) is 9.02. The quantitative estimate of drug-likeness (QED) is 0.116. The summed E-state index contributed by atoms with van der Waals surface area (Å²) in [4.78, 5) is 11.1. The highest BCUT2D eigenvalue weighted by Gasteiger charge is 2.46. The predicted molar refractivity (Wildman–Crippen MR) is 156 cm³/mol. The summed E-state index contributed by atoms with van der Waals surface area (Å²) in [5.41, 5.74) is 2.60. The van der Waals surface area contributed by atoms with Gasteiger partial charge in [-0.15, -0.1) is 9.24 Å². The van der Waals surface area contributed by atoms with Crippen LogP contribution in [0.5, 0.6) is 0 Å². The van der Waals surface area contributed by atoms with E-state index in [1.165, 1.54) is 37.5 Å². The number of ether oxygens (including phenoxy) is 1. The Hall–Kier alpha value is -2.79. The molecule has 40 heavy (non-hydrogen) atoms. The van der Waals surface area contributed by atoms with Crippen molar-refractivity contribution in [1.29, 1.82) is 0 Å². The highest BCUT2D eigenvalue weighted by atomic mass is 31.0. The van der Waals surface area contributed by atoms with E-state index in [1.54, 1.807) is 24.3 Å². The maximum atomic E-state index is 14.0. The average molecular weight is 574 g/mol. The van der Waals surface area contributed by atoms with Crippen LogP contribution in [0.25, 0.3) is 11.1 Å². The molecule has 2 aliphatic rings. The molecule has 2 aromatic rings. The Morgan fingerprint density at radius 3 is 2.55 bits per heavy atom. The highest BCUT2D eigenvalue weighted by molar-refractivity contribution is 7.27. The van der Waals surface area contributed by atoms with Crippen LogP contribution in [0.3, 0.4) is 0 Å². The molecule has 0 N–H and O–H groups in total. The SMILES string of the molecule is C=C(/C=C1/C[C@H]2C[C@H]2/C1=C/C)OCc1cc(-c2ccc(CCCC(C)(N=O)C(C)F)cc2)c(C(F)(F)F)cc1P. The first-order valence-electron chi connectivity index (χ1n) is 13.6. The average Bonchev–Trinajstić information content (AvgIpc) is 3.58. The molecule has 0 aliphatic heterocycles. The van der Waals surface area contributed by atoms with Crippen molar-refractivity contribution in [2.75, 3.05) is 0 Å². The van der Waals surface area contributed by atoms with Gasteiger partial charge in [0, 0.05) is 0 Å². The number of allylic oxidation sites excluding steroid dienone is 4. The summed E-state index contributed by atoms with van der Waals surface area (Å²) in [5.74, 6) is 1.87. The third-order valence-corrected chi connectivity index (χ3v) is 8.84. The molecule has 0 radical (unpaired) electrons. The lowest BCUT2D eigenvalue weighted by Crippen LogP contribution is -2.31. The molecule has 4 rings (SSSR count). The topological polar surface area (TPSA) is 38.7 Å². The molecule has 3 unspecified atom stereocenters. The normalized spacial score (nSPS) is 22.6. The van der Waals surface area contributed by atoms with Crippen molar-refractivity contribution in [3.05, 3.63) is 93.6 Å². The van der Waals surface area contributed by atoms with Gasteiger partial charge in [-0.2, -0.15) is 18.1 Å². The Bertz CT molecular complexity index is 1330. The standard InChI is InChI=1S/C32H36F4NO2P/c1-5-26-23(14-24-15-27(24)26)13-19(2)39-18-25-16-28(29(17-30(25)40)32(34,35)36)22-10-8-21(9-11-22)7-6-12-31(4,37-38)20(3)33/h5,8-11,13,16-17,20,24,27H,2,6-7,12,14-15,18,40H2,1,3-4H3/b23-13-,26-5+/t20?,24-,27+,31?/m0/s1. The van der Waals surface area contributed by atoms with Gasteiger partial charge in [-0.25, -0.2) is 4.39 Å². The third kappa shape index (κ3) is 6.74. The molecule has 0 amide bonds. The summed E-state index contributed by atoms with van der Waals surface area (Å²) in [7, 11) is 2.39. The molecule has 2 aromatic carbocycles. The van der Waals surface area contributed by atoms with Gasteiger partial charge in [-0.1, -0.05) is 42.1 Å². The molecule has 3 nitrogen and oxygen atoms in total. The van der Waals surface area contributed by atoms with Gasteiger partial charge in [0.05, 0.1) is 5.56 Å². The van der Waals surface area contributed by atoms with E-state index in [4.69, 9.17) is 4.74 Å². The van der Waals surface area contributed by atoms with E-state index in [-0.39, 0.29) is 18.6 Å². The number of nitrogens with zero attached hydrogens (tertiary/aromatic N) is 1. The third-order valence-electron chi connectivity index (χ3n) is 8.30. The Morgan fingerprint density at radius 2 is 1.95 bits per heavy atom. The Balaban J connectivity index is 1.49. The van der Waals surface area contributed by atoms with Gasteiger partial charge in [0.15, 0.2) is 0 Å². The molecule has 2 fully saturated rings. The maximum absolute atomic E-state index is 14.0. The first-order chi connectivity index (χ1) is 18.9. The second-order valence-corrected chi connectivity index (χ2v) is 11.8. The molecule has 2 saturated carbocycles. The summed E-state index contributed by atoms with van der Waals surface area (Å²) >= 11 is 0. The summed E-state index contributed by atoms with van der Waals surface area (Å²) in [6.45, 7) is 8.96. The summed E-state index contributed by atoms with van der Waals surface area (Å²) < 4.78 is 61.7. The smallest absolute Gasteiger partial charge is 0.417 e. The lowest BCUT2D eigenvalue weighted by atomic mass is 9.90. The van der Waals surface area contributed by atoms with Gasteiger partial charge in [0.2, 0.25) is 0 Å². The largest absolute Gasteiger partial charge is 0.490 e. The zero-order valence-corrected chi connectivity index (χ0v) is 24.3. The van der Waals surface area contributed by atoms with Crippen LogP contribution in [-0.4, -0.2) is 11.7 Å². The van der Waals surface area contributed by atoms with E-state index < -0.39 is 23.5 Å². The summed E-state index contributed by atoms with van der Waals surface area (Å²) in [6, 6.07) is 9.53. The van der Waals surface area contributed by atoms with Gasteiger partial charge in [-0.3, -0.25) is 0 Å².